The molecule has 0 N–H and O–H groups in total. The number of Topliss-reactive ketones (excluding diaryl/α,β-unsaturated/α-hetero) is 1. The van der Waals surface area contributed by atoms with Crippen LogP contribution in [-0.4, -0.2) is 11.7 Å². The number of nitrogens with zero attached hydrogens (tertiary/aromatic N) is 1. The third kappa shape index (κ3) is 2.21. The molecule has 0 saturated carbocycles. The number of amides is 1. The number of ketones is 1. The van der Waals surface area contributed by atoms with Gasteiger partial charge in [-0.25, -0.2) is 4.39 Å². The number of benzene rings is 2. The molecule has 0 unspecified atom stereocenters. The van der Waals surface area contributed by atoms with Crippen LogP contribution in [0.4, 0.5) is 10.1 Å². The van der Waals surface area contributed by atoms with Crippen molar-refractivity contribution in [3.8, 4) is 0 Å². The third-order valence-corrected chi connectivity index (χ3v) is 3.91. The monoisotopic (exact) mass is 303 g/mol. The average molecular weight is 304 g/mol. The highest BCUT2D eigenvalue weighted by Gasteiger charge is 2.36. The number of anilines is 1. The topological polar surface area (TPSA) is 37.4 Å². The Morgan fingerprint density at radius 3 is 2.71 bits per heavy atom. The van der Waals surface area contributed by atoms with Gasteiger partial charge in [-0.3, -0.25) is 9.59 Å². The van der Waals surface area contributed by atoms with Gasteiger partial charge >= 0.3 is 0 Å². The van der Waals surface area contributed by atoms with Crippen LogP contribution in [-0.2, 0) is 11.3 Å². The fourth-order valence-corrected chi connectivity index (χ4v) is 2.60. The Morgan fingerprint density at radius 1 is 1.19 bits per heavy atom. The van der Waals surface area contributed by atoms with Crippen LogP contribution < -0.4 is 4.90 Å². The second-order valence-corrected chi connectivity index (χ2v) is 5.33. The molecule has 0 aromatic heterocycles. The Hall–Kier alpha value is -2.20. The zero-order valence-electron chi connectivity index (χ0n) is 11.2. The van der Waals surface area contributed by atoms with Crippen LogP contribution in [0.3, 0.4) is 0 Å². The minimum atomic E-state index is -0.615. The summed E-state index contributed by atoms with van der Waals surface area (Å²) in [6.07, 6.45) is 0. The largest absolute Gasteiger partial charge is 0.300 e. The first-order valence-corrected chi connectivity index (χ1v) is 6.76. The second-order valence-electron chi connectivity index (χ2n) is 4.95. The minimum Gasteiger partial charge on any atom is -0.300 e. The molecule has 1 amide bonds. The van der Waals surface area contributed by atoms with Crippen molar-refractivity contribution in [2.45, 2.75) is 13.5 Å². The van der Waals surface area contributed by atoms with E-state index in [0.717, 1.165) is 5.56 Å². The Balaban J connectivity index is 2.03. The van der Waals surface area contributed by atoms with E-state index in [0.29, 0.717) is 16.8 Å². The lowest BCUT2D eigenvalue weighted by Gasteiger charge is -2.17. The maximum absolute atomic E-state index is 13.5. The zero-order chi connectivity index (χ0) is 15.1. The van der Waals surface area contributed by atoms with Crippen molar-refractivity contribution in [3.63, 3.8) is 0 Å². The lowest BCUT2D eigenvalue weighted by atomic mass is 10.1. The highest BCUT2D eigenvalue weighted by atomic mass is 35.5. The molecular weight excluding hydrogens is 293 g/mol. The molecule has 1 heterocycles. The summed E-state index contributed by atoms with van der Waals surface area (Å²) < 4.78 is 13.5. The molecule has 2 aromatic carbocycles. The Bertz CT molecular complexity index is 773. The number of carbonyl (C=O) groups excluding carboxylic acids is 2. The van der Waals surface area contributed by atoms with Gasteiger partial charge in [0, 0.05) is 0 Å². The van der Waals surface area contributed by atoms with Crippen molar-refractivity contribution in [1.29, 1.82) is 0 Å². The maximum atomic E-state index is 13.5. The van der Waals surface area contributed by atoms with Crippen molar-refractivity contribution in [1.82, 2.24) is 0 Å². The molecule has 0 radical (unpaired) electrons. The van der Waals surface area contributed by atoms with Crippen molar-refractivity contribution in [2.75, 3.05) is 4.90 Å². The summed E-state index contributed by atoms with van der Waals surface area (Å²) in [5, 5.41) is -0.0293. The molecule has 3 nitrogen and oxygen atoms in total. The Kier molecular flexibility index (Phi) is 3.26. The molecule has 3 rings (SSSR count). The number of aryl methyl sites for hydroxylation is 1. The average Bonchev–Trinajstić information content (AvgIpc) is 2.69. The molecular formula is C16H11ClFNO2. The highest BCUT2D eigenvalue weighted by molar-refractivity contribution is 6.52. The lowest BCUT2D eigenvalue weighted by Crippen LogP contribution is -2.29. The van der Waals surface area contributed by atoms with E-state index in [9.17, 15) is 14.0 Å². The van der Waals surface area contributed by atoms with Gasteiger partial charge < -0.3 is 4.90 Å². The van der Waals surface area contributed by atoms with Crippen LogP contribution >= 0.6 is 11.6 Å². The van der Waals surface area contributed by atoms with Crippen LogP contribution in [0.2, 0.25) is 5.02 Å². The summed E-state index contributed by atoms with van der Waals surface area (Å²) in [5.41, 5.74) is 2.29. The maximum Gasteiger partial charge on any atom is 0.299 e. The smallest absolute Gasteiger partial charge is 0.299 e. The number of hydrogen-bond acceptors (Lipinski definition) is 2. The first kappa shape index (κ1) is 13.8. The van der Waals surface area contributed by atoms with Gasteiger partial charge in [0.25, 0.3) is 11.7 Å². The van der Waals surface area contributed by atoms with Crippen molar-refractivity contribution in [2.24, 2.45) is 0 Å². The SMILES string of the molecule is Cc1ccc2c(c1)C(=O)C(=O)N2Cc1cccc(F)c1Cl. The first-order chi connectivity index (χ1) is 9.99. The summed E-state index contributed by atoms with van der Waals surface area (Å²) in [4.78, 5) is 25.4. The molecule has 2 aromatic rings. The van der Waals surface area contributed by atoms with Gasteiger partial charge in [-0.05, 0) is 30.7 Å². The van der Waals surface area contributed by atoms with Crippen molar-refractivity contribution < 1.29 is 14.0 Å². The van der Waals surface area contributed by atoms with E-state index >= 15 is 0 Å². The van der Waals surface area contributed by atoms with E-state index in [1.54, 1.807) is 18.2 Å². The van der Waals surface area contributed by atoms with Crippen molar-refractivity contribution >= 4 is 29.0 Å². The number of halogens is 2. The molecule has 0 aliphatic carbocycles. The number of fused-ring (bicyclic) bond motifs is 1. The molecule has 0 atom stereocenters. The fourth-order valence-electron chi connectivity index (χ4n) is 2.41. The summed E-state index contributed by atoms with van der Waals surface area (Å²) in [6.45, 7) is 1.92. The van der Waals surface area contributed by atoms with Crippen LogP contribution in [0.1, 0.15) is 21.5 Å². The van der Waals surface area contributed by atoms with Crippen LogP contribution in [0.5, 0.6) is 0 Å². The minimum absolute atomic E-state index is 0.0293. The highest BCUT2D eigenvalue weighted by Crippen LogP contribution is 2.32. The summed E-state index contributed by atoms with van der Waals surface area (Å²) in [5.74, 6) is -1.70. The van der Waals surface area contributed by atoms with Gasteiger partial charge in [-0.2, -0.15) is 0 Å². The van der Waals surface area contributed by atoms with Gasteiger partial charge in [-0.15, -0.1) is 0 Å². The molecule has 106 valence electrons. The van der Waals surface area contributed by atoms with E-state index in [4.69, 9.17) is 11.6 Å². The van der Waals surface area contributed by atoms with E-state index in [1.165, 1.54) is 17.0 Å². The second kappa shape index (κ2) is 4.97. The predicted octanol–water partition coefficient (Wildman–Crippen LogP) is 3.52. The van der Waals surface area contributed by atoms with Gasteiger partial charge in [-0.1, -0.05) is 35.4 Å². The van der Waals surface area contributed by atoms with Crippen LogP contribution in [0, 0.1) is 12.7 Å². The standard InChI is InChI=1S/C16H11ClFNO2/c1-9-5-6-13-11(7-9)15(20)16(21)19(13)8-10-3-2-4-12(18)14(10)17/h2-7H,8H2,1H3. The zero-order valence-corrected chi connectivity index (χ0v) is 11.9. The van der Waals surface area contributed by atoms with Crippen molar-refractivity contribution in [3.05, 3.63) is 63.9 Å². The van der Waals surface area contributed by atoms with E-state index in [2.05, 4.69) is 0 Å². The summed E-state index contributed by atoms with van der Waals surface area (Å²) in [6, 6.07) is 9.64. The predicted molar refractivity (Wildman–Crippen MR) is 78.1 cm³/mol. The first-order valence-electron chi connectivity index (χ1n) is 6.39. The van der Waals surface area contributed by atoms with Gasteiger partial charge in [0.15, 0.2) is 0 Å². The molecule has 1 aliphatic heterocycles. The van der Waals surface area contributed by atoms with Gasteiger partial charge in [0.2, 0.25) is 0 Å². The molecule has 0 fully saturated rings. The molecule has 0 saturated heterocycles. The third-order valence-electron chi connectivity index (χ3n) is 3.49. The van der Waals surface area contributed by atoms with E-state index < -0.39 is 17.5 Å². The van der Waals surface area contributed by atoms with E-state index in [-0.39, 0.29) is 11.6 Å². The van der Waals surface area contributed by atoms with Gasteiger partial charge in [0.1, 0.15) is 5.82 Å². The van der Waals surface area contributed by atoms with E-state index in [1.807, 2.05) is 13.0 Å². The molecule has 5 heteroatoms. The molecule has 0 bridgehead atoms. The Morgan fingerprint density at radius 2 is 1.95 bits per heavy atom. The number of rotatable bonds is 2. The number of carbonyl (C=O) groups is 2. The summed E-state index contributed by atoms with van der Waals surface area (Å²) in [7, 11) is 0. The lowest BCUT2D eigenvalue weighted by molar-refractivity contribution is -0.114. The quantitative estimate of drug-likeness (QED) is 0.796. The normalized spacial score (nSPS) is 13.8. The molecule has 1 aliphatic rings. The molecule has 21 heavy (non-hydrogen) atoms. The summed E-state index contributed by atoms with van der Waals surface area (Å²) >= 11 is 5.91. The fraction of sp³-hybridized carbons (Fsp3) is 0.125. The number of hydrogen-bond donors (Lipinski definition) is 0. The molecule has 0 spiro atoms. The Labute approximate surface area is 125 Å². The van der Waals surface area contributed by atoms with Crippen LogP contribution in [0.25, 0.3) is 0 Å². The van der Waals surface area contributed by atoms with Crippen LogP contribution in [0.15, 0.2) is 36.4 Å². The van der Waals surface area contributed by atoms with Gasteiger partial charge in [0.05, 0.1) is 22.8 Å².